The third-order valence-electron chi connectivity index (χ3n) is 8.54. The molecule has 6 heteroatoms. The second kappa shape index (κ2) is 12.9. The number of fused-ring (bicyclic) bond motifs is 2. The third kappa shape index (κ3) is 6.88. The maximum atomic E-state index is 5.11. The van der Waals surface area contributed by atoms with Gasteiger partial charge in [-0.15, -0.1) is 5.69 Å². The van der Waals surface area contributed by atoms with Gasteiger partial charge in [0.1, 0.15) is 0 Å². The molecule has 6 rings (SSSR count). The first-order chi connectivity index (χ1) is 19.9. The van der Waals surface area contributed by atoms with E-state index in [2.05, 4.69) is 114 Å². The van der Waals surface area contributed by atoms with Gasteiger partial charge in [0.15, 0.2) is 0 Å². The standard InChI is InChI=1S/C24H24N4.C13H21N.Pt/c1-4-20-14(2)22(28-27-20)24-18-11-6-5-9-16(18)13-21(26-24)23-19-12-8-7-10-17(19)15(3)25-23;1-12(2,3)10-7-11(9-14-8-10)13(4,5)6;/h5-6,9,11,13H,4,7-8,10,12H2,1-3H3;7-9H,1-6H3;/q-2;;+2. The molecule has 0 radical (unpaired) electrons. The number of aromatic nitrogens is 5. The van der Waals surface area contributed by atoms with E-state index in [4.69, 9.17) is 9.97 Å². The first-order valence-electron chi connectivity index (χ1n) is 15.4. The van der Waals surface area contributed by atoms with E-state index < -0.39 is 0 Å². The molecule has 1 aliphatic carbocycles. The van der Waals surface area contributed by atoms with Crippen LogP contribution in [0.1, 0.15) is 101 Å². The number of aryl methyl sites for hydroxylation is 2. The van der Waals surface area contributed by atoms with Gasteiger partial charge < -0.3 is 15.2 Å². The molecule has 0 atom stereocenters. The summed E-state index contributed by atoms with van der Waals surface area (Å²) in [5, 5.41) is 11.2. The zero-order chi connectivity index (χ0) is 30.2. The van der Waals surface area contributed by atoms with Gasteiger partial charge in [-0.3, -0.25) is 9.97 Å². The minimum atomic E-state index is 0. The van der Waals surface area contributed by atoms with Crippen molar-refractivity contribution in [3.8, 4) is 22.8 Å². The van der Waals surface area contributed by atoms with E-state index in [1.807, 2.05) is 12.4 Å². The average molecular weight is 755 g/mol. The molecule has 1 aliphatic rings. The fraction of sp³-hybridized carbons (Fsp3) is 0.432. The van der Waals surface area contributed by atoms with Gasteiger partial charge in [-0.25, -0.2) is 0 Å². The van der Waals surface area contributed by atoms with Gasteiger partial charge in [-0.05, 0) is 78.0 Å². The van der Waals surface area contributed by atoms with Crippen LogP contribution in [0.25, 0.3) is 33.5 Å². The Labute approximate surface area is 272 Å². The molecule has 5 nitrogen and oxygen atoms in total. The van der Waals surface area contributed by atoms with Crippen LogP contribution in [0.2, 0.25) is 0 Å². The van der Waals surface area contributed by atoms with Crippen molar-refractivity contribution in [2.75, 3.05) is 0 Å². The van der Waals surface area contributed by atoms with Crippen molar-refractivity contribution in [1.82, 2.24) is 25.1 Å². The van der Waals surface area contributed by atoms with Crippen molar-refractivity contribution in [3.63, 3.8) is 0 Å². The van der Waals surface area contributed by atoms with Gasteiger partial charge in [-0.1, -0.05) is 103 Å². The fourth-order valence-corrected chi connectivity index (χ4v) is 5.80. The first-order valence-corrected chi connectivity index (χ1v) is 15.4. The Bertz CT molecular complexity index is 1680. The number of pyridine rings is 2. The molecule has 0 aliphatic heterocycles. The predicted octanol–water partition coefficient (Wildman–Crippen LogP) is 8.61. The van der Waals surface area contributed by atoms with Gasteiger partial charge in [-0.2, -0.15) is 5.69 Å². The summed E-state index contributed by atoms with van der Waals surface area (Å²) in [6.07, 6.45) is 9.56. The van der Waals surface area contributed by atoms with E-state index >= 15 is 0 Å². The zero-order valence-corrected chi connectivity index (χ0v) is 29.5. The summed E-state index contributed by atoms with van der Waals surface area (Å²) < 4.78 is 0. The summed E-state index contributed by atoms with van der Waals surface area (Å²) in [5.74, 6) is 0. The largest absolute Gasteiger partial charge is 2.00 e. The summed E-state index contributed by atoms with van der Waals surface area (Å²) in [6.45, 7) is 19.7. The molecule has 0 saturated carbocycles. The quantitative estimate of drug-likeness (QED) is 0.185. The van der Waals surface area contributed by atoms with Crippen molar-refractivity contribution in [2.24, 2.45) is 0 Å². The predicted molar refractivity (Wildman–Crippen MR) is 174 cm³/mol. The smallest absolute Gasteiger partial charge is 0.659 e. The summed E-state index contributed by atoms with van der Waals surface area (Å²) in [6, 6.07) is 12.9. The fourth-order valence-electron chi connectivity index (χ4n) is 5.80. The molecule has 0 saturated heterocycles. The van der Waals surface area contributed by atoms with Crippen LogP contribution in [-0.2, 0) is 51.2 Å². The molecule has 43 heavy (non-hydrogen) atoms. The second-order valence-corrected chi connectivity index (χ2v) is 13.7. The molecule has 0 bridgehead atoms. The third-order valence-corrected chi connectivity index (χ3v) is 8.54. The molecule has 4 heterocycles. The Hall–Kier alpha value is -3.04. The van der Waals surface area contributed by atoms with Crippen LogP contribution in [0.3, 0.4) is 0 Å². The van der Waals surface area contributed by atoms with Gasteiger partial charge in [0.05, 0.1) is 5.69 Å². The average Bonchev–Trinajstić information content (AvgIpc) is 3.51. The van der Waals surface area contributed by atoms with Crippen LogP contribution in [0.15, 0.2) is 48.8 Å². The monoisotopic (exact) mass is 754 g/mol. The second-order valence-electron chi connectivity index (χ2n) is 13.7. The first kappa shape index (κ1) is 32.9. The number of benzene rings is 1. The minimum Gasteiger partial charge on any atom is -0.659 e. The minimum absolute atomic E-state index is 0. The Morgan fingerprint density at radius 1 is 0.814 bits per heavy atom. The molecule has 0 unspecified atom stereocenters. The number of nitrogens with zero attached hydrogens (tertiary/aromatic N) is 5. The summed E-state index contributed by atoms with van der Waals surface area (Å²) in [5.41, 5.74) is 13.0. The van der Waals surface area contributed by atoms with E-state index in [0.29, 0.717) is 0 Å². The van der Waals surface area contributed by atoms with E-state index in [1.165, 1.54) is 46.2 Å². The van der Waals surface area contributed by atoms with Crippen LogP contribution in [0.4, 0.5) is 0 Å². The molecular formula is C37H45N5Pt. The molecule has 228 valence electrons. The molecule has 0 amide bonds. The van der Waals surface area contributed by atoms with E-state index in [9.17, 15) is 0 Å². The number of hydrogen-bond acceptors (Lipinski definition) is 3. The SMILES string of the molecule is CC(C)(C)c1cncc(C(C)(C)C)c1.CCc1n[n-]c(-c2nc(-c3[n-]c(C)c4c3CCCC4)cc3ccccc23)c1C.[Pt+2]. The molecule has 5 aromatic rings. The van der Waals surface area contributed by atoms with Gasteiger partial charge >= 0.3 is 21.1 Å². The van der Waals surface area contributed by atoms with Crippen molar-refractivity contribution < 1.29 is 21.1 Å². The summed E-state index contributed by atoms with van der Waals surface area (Å²) in [7, 11) is 0. The molecular weight excluding hydrogens is 710 g/mol. The molecule has 0 fully saturated rings. The van der Waals surface area contributed by atoms with E-state index in [1.54, 1.807) is 0 Å². The number of hydrogen-bond donors (Lipinski definition) is 0. The van der Waals surface area contributed by atoms with Crippen LogP contribution >= 0.6 is 0 Å². The Kier molecular flexibility index (Phi) is 9.86. The normalized spacial score (nSPS) is 13.2. The zero-order valence-electron chi connectivity index (χ0n) is 27.2. The van der Waals surface area contributed by atoms with E-state index in [0.717, 1.165) is 58.7 Å². The Balaban J connectivity index is 0.000000241. The Morgan fingerprint density at radius 2 is 1.44 bits per heavy atom. The van der Waals surface area contributed by atoms with Crippen LogP contribution in [0.5, 0.6) is 0 Å². The van der Waals surface area contributed by atoms with Crippen molar-refractivity contribution in [1.29, 1.82) is 0 Å². The van der Waals surface area contributed by atoms with Gasteiger partial charge in [0.25, 0.3) is 0 Å². The topological polar surface area (TPSA) is 66.9 Å². The van der Waals surface area contributed by atoms with Crippen LogP contribution in [-0.4, -0.2) is 15.1 Å². The van der Waals surface area contributed by atoms with Crippen molar-refractivity contribution in [2.45, 2.75) is 105 Å². The molecule has 4 aromatic heterocycles. The van der Waals surface area contributed by atoms with Crippen molar-refractivity contribution in [3.05, 3.63) is 88.0 Å². The summed E-state index contributed by atoms with van der Waals surface area (Å²) in [4.78, 5) is 14.4. The molecule has 1 aromatic carbocycles. The maximum Gasteiger partial charge on any atom is 2.00 e. The van der Waals surface area contributed by atoms with Gasteiger partial charge in [0, 0.05) is 29.2 Å². The number of rotatable bonds is 3. The van der Waals surface area contributed by atoms with Crippen LogP contribution < -0.4 is 10.1 Å². The summed E-state index contributed by atoms with van der Waals surface area (Å²) >= 11 is 0. The Morgan fingerprint density at radius 3 is 2.05 bits per heavy atom. The maximum absolute atomic E-state index is 5.11. The molecule has 0 N–H and O–H groups in total. The van der Waals surface area contributed by atoms with Gasteiger partial charge in [0.2, 0.25) is 0 Å². The molecule has 0 spiro atoms. The van der Waals surface area contributed by atoms with Crippen LogP contribution in [0, 0.1) is 13.8 Å². The van der Waals surface area contributed by atoms with E-state index in [-0.39, 0.29) is 31.9 Å². The van der Waals surface area contributed by atoms with Crippen molar-refractivity contribution >= 4 is 10.8 Å².